The minimum Gasteiger partial charge on any atom is -0.483 e. The van der Waals surface area contributed by atoms with Crippen molar-refractivity contribution in [2.45, 2.75) is 72.8 Å². The van der Waals surface area contributed by atoms with Gasteiger partial charge in [0.2, 0.25) is 0 Å². The standard InChI is InChI=1S/C16H31NO2/c1-6-9-11-13-18-15(4)17(8-3)16(5)19-14-12-10-7-2/h11-16H,6-10H2,1-5H3/b13-11+,14-12+. The molecule has 0 N–H and O–H groups in total. The van der Waals surface area contributed by atoms with Crippen molar-refractivity contribution in [2.24, 2.45) is 0 Å². The summed E-state index contributed by atoms with van der Waals surface area (Å²) in [6.45, 7) is 11.4. The smallest absolute Gasteiger partial charge is 0.151 e. The molecule has 0 spiro atoms. The number of hydrogen-bond donors (Lipinski definition) is 0. The van der Waals surface area contributed by atoms with Gasteiger partial charge in [-0.05, 0) is 38.8 Å². The Labute approximate surface area is 119 Å². The van der Waals surface area contributed by atoms with E-state index in [4.69, 9.17) is 9.47 Å². The fourth-order valence-electron chi connectivity index (χ4n) is 1.77. The molecule has 0 heterocycles. The van der Waals surface area contributed by atoms with Crippen molar-refractivity contribution >= 4 is 0 Å². The molecule has 0 aromatic heterocycles. The van der Waals surface area contributed by atoms with E-state index < -0.39 is 0 Å². The van der Waals surface area contributed by atoms with Gasteiger partial charge >= 0.3 is 0 Å². The fraction of sp³-hybridized carbons (Fsp3) is 0.750. The topological polar surface area (TPSA) is 21.7 Å². The van der Waals surface area contributed by atoms with Crippen molar-refractivity contribution in [1.29, 1.82) is 0 Å². The van der Waals surface area contributed by atoms with Gasteiger partial charge in [0.25, 0.3) is 0 Å². The molecule has 2 atom stereocenters. The Kier molecular flexibility index (Phi) is 11.5. The average Bonchev–Trinajstić information content (AvgIpc) is 2.40. The first-order valence-electron chi connectivity index (χ1n) is 7.53. The van der Waals surface area contributed by atoms with Gasteiger partial charge in [0.1, 0.15) is 0 Å². The zero-order chi connectivity index (χ0) is 14.5. The summed E-state index contributed by atoms with van der Waals surface area (Å²) in [5.74, 6) is 0. The van der Waals surface area contributed by atoms with Gasteiger partial charge < -0.3 is 9.47 Å². The molecular formula is C16H31NO2. The molecule has 0 rings (SSSR count). The minimum absolute atomic E-state index is 0.0210. The Morgan fingerprint density at radius 3 is 1.58 bits per heavy atom. The third kappa shape index (κ3) is 8.71. The summed E-state index contributed by atoms with van der Waals surface area (Å²) in [6, 6.07) is 0. The molecule has 0 aliphatic rings. The predicted molar refractivity (Wildman–Crippen MR) is 81.6 cm³/mol. The highest BCUT2D eigenvalue weighted by atomic mass is 16.5. The highest BCUT2D eigenvalue weighted by Gasteiger charge is 2.18. The molecule has 0 saturated carbocycles. The Morgan fingerprint density at radius 2 is 1.26 bits per heavy atom. The minimum atomic E-state index is 0.0210. The van der Waals surface area contributed by atoms with Crippen LogP contribution in [-0.2, 0) is 9.47 Å². The van der Waals surface area contributed by atoms with Gasteiger partial charge in [-0.3, -0.25) is 0 Å². The van der Waals surface area contributed by atoms with Crippen molar-refractivity contribution in [3.8, 4) is 0 Å². The third-order valence-electron chi connectivity index (χ3n) is 2.95. The van der Waals surface area contributed by atoms with E-state index >= 15 is 0 Å². The van der Waals surface area contributed by atoms with Gasteiger partial charge in [0.15, 0.2) is 12.5 Å². The van der Waals surface area contributed by atoms with E-state index in [1.165, 1.54) is 0 Å². The van der Waals surface area contributed by atoms with Crippen LogP contribution in [0.3, 0.4) is 0 Å². The largest absolute Gasteiger partial charge is 0.483 e. The summed E-state index contributed by atoms with van der Waals surface area (Å²) in [5.41, 5.74) is 0. The molecule has 0 aliphatic heterocycles. The molecule has 0 amide bonds. The Hall–Kier alpha value is -0.960. The first-order chi connectivity index (χ1) is 9.17. The average molecular weight is 269 g/mol. The quantitative estimate of drug-likeness (QED) is 0.402. The van der Waals surface area contributed by atoms with Gasteiger partial charge in [0.05, 0.1) is 12.5 Å². The molecule has 0 aromatic rings. The van der Waals surface area contributed by atoms with E-state index in [9.17, 15) is 0 Å². The van der Waals surface area contributed by atoms with E-state index in [1.54, 1.807) is 12.5 Å². The molecule has 3 nitrogen and oxygen atoms in total. The summed E-state index contributed by atoms with van der Waals surface area (Å²) in [4.78, 5) is 2.17. The molecule has 0 aromatic carbocycles. The lowest BCUT2D eigenvalue weighted by Crippen LogP contribution is -2.41. The number of ether oxygens (including phenoxy) is 2. The molecule has 0 radical (unpaired) electrons. The van der Waals surface area contributed by atoms with Crippen molar-refractivity contribution in [2.75, 3.05) is 6.54 Å². The van der Waals surface area contributed by atoms with Crippen LogP contribution in [0.15, 0.2) is 24.7 Å². The Morgan fingerprint density at radius 1 is 0.842 bits per heavy atom. The van der Waals surface area contributed by atoms with Crippen LogP contribution in [0.25, 0.3) is 0 Å². The normalized spacial score (nSPS) is 15.3. The van der Waals surface area contributed by atoms with E-state index in [0.717, 1.165) is 32.2 Å². The second-order valence-corrected chi connectivity index (χ2v) is 4.62. The molecule has 0 saturated heterocycles. The van der Waals surface area contributed by atoms with Crippen LogP contribution in [0, 0.1) is 0 Å². The van der Waals surface area contributed by atoms with Crippen LogP contribution >= 0.6 is 0 Å². The van der Waals surface area contributed by atoms with Gasteiger partial charge in [-0.25, -0.2) is 4.90 Å². The SMILES string of the molecule is CCC/C=C/OC(C)N(CC)C(C)O/C=C/CCC. The maximum absolute atomic E-state index is 5.69. The summed E-state index contributed by atoms with van der Waals surface area (Å²) in [6.07, 6.45) is 12.2. The zero-order valence-electron chi connectivity index (χ0n) is 13.3. The van der Waals surface area contributed by atoms with Crippen LogP contribution in [0.4, 0.5) is 0 Å². The summed E-state index contributed by atoms with van der Waals surface area (Å²) in [5, 5.41) is 0. The summed E-state index contributed by atoms with van der Waals surface area (Å²) < 4.78 is 11.4. The number of allylic oxidation sites excluding steroid dienone is 2. The van der Waals surface area contributed by atoms with E-state index in [1.807, 2.05) is 0 Å². The molecule has 2 unspecified atom stereocenters. The zero-order valence-corrected chi connectivity index (χ0v) is 13.3. The van der Waals surface area contributed by atoms with Gasteiger partial charge in [-0.2, -0.15) is 0 Å². The lowest BCUT2D eigenvalue weighted by atomic mass is 10.3. The molecule has 112 valence electrons. The second kappa shape index (κ2) is 12.1. The molecular weight excluding hydrogens is 238 g/mol. The van der Waals surface area contributed by atoms with Crippen LogP contribution in [0.2, 0.25) is 0 Å². The van der Waals surface area contributed by atoms with Crippen molar-refractivity contribution in [3.63, 3.8) is 0 Å². The van der Waals surface area contributed by atoms with E-state index in [-0.39, 0.29) is 12.5 Å². The lowest BCUT2D eigenvalue weighted by Gasteiger charge is -2.31. The third-order valence-corrected chi connectivity index (χ3v) is 2.95. The van der Waals surface area contributed by atoms with Gasteiger partial charge in [-0.1, -0.05) is 33.6 Å². The Bertz CT molecular complexity index is 227. The predicted octanol–water partition coefficient (Wildman–Crippen LogP) is 4.66. The number of hydrogen-bond acceptors (Lipinski definition) is 3. The van der Waals surface area contributed by atoms with Crippen molar-refractivity contribution in [1.82, 2.24) is 4.90 Å². The van der Waals surface area contributed by atoms with Crippen LogP contribution in [0.5, 0.6) is 0 Å². The van der Waals surface area contributed by atoms with Crippen molar-refractivity contribution in [3.05, 3.63) is 24.7 Å². The Balaban J connectivity index is 4.14. The molecule has 0 bridgehead atoms. The van der Waals surface area contributed by atoms with Gasteiger partial charge in [0, 0.05) is 6.54 Å². The highest BCUT2D eigenvalue weighted by Crippen LogP contribution is 2.09. The number of rotatable bonds is 11. The second-order valence-electron chi connectivity index (χ2n) is 4.62. The molecule has 0 aliphatic carbocycles. The molecule has 19 heavy (non-hydrogen) atoms. The summed E-state index contributed by atoms with van der Waals surface area (Å²) in [7, 11) is 0. The number of unbranched alkanes of at least 4 members (excludes halogenated alkanes) is 2. The van der Waals surface area contributed by atoms with Crippen molar-refractivity contribution < 1.29 is 9.47 Å². The maximum Gasteiger partial charge on any atom is 0.151 e. The monoisotopic (exact) mass is 269 g/mol. The fourth-order valence-corrected chi connectivity index (χ4v) is 1.77. The lowest BCUT2D eigenvalue weighted by molar-refractivity contribution is -0.0912. The first-order valence-corrected chi connectivity index (χ1v) is 7.53. The molecule has 0 fully saturated rings. The highest BCUT2D eigenvalue weighted by molar-refractivity contribution is 4.76. The number of nitrogens with zero attached hydrogens (tertiary/aromatic N) is 1. The van der Waals surface area contributed by atoms with Crippen LogP contribution in [-0.4, -0.2) is 23.9 Å². The van der Waals surface area contributed by atoms with Gasteiger partial charge in [-0.15, -0.1) is 0 Å². The first kappa shape index (κ1) is 18.0. The van der Waals surface area contributed by atoms with Crippen LogP contribution < -0.4 is 0 Å². The van der Waals surface area contributed by atoms with E-state index in [2.05, 4.69) is 51.7 Å². The molecule has 3 heteroatoms. The summed E-state index contributed by atoms with van der Waals surface area (Å²) >= 11 is 0. The van der Waals surface area contributed by atoms with Crippen LogP contribution in [0.1, 0.15) is 60.3 Å². The van der Waals surface area contributed by atoms with E-state index in [0.29, 0.717) is 0 Å². The maximum atomic E-state index is 5.69.